The van der Waals surface area contributed by atoms with Gasteiger partial charge in [-0.2, -0.15) is 5.10 Å². The largest absolute Gasteiger partial charge is 0.505 e. The van der Waals surface area contributed by atoms with E-state index in [1.54, 1.807) is 11.0 Å². The van der Waals surface area contributed by atoms with Crippen molar-refractivity contribution in [1.82, 2.24) is 30.0 Å². The Morgan fingerprint density at radius 3 is 2.26 bits per heavy atom. The van der Waals surface area contributed by atoms with Crippen LogP contribution < -0.4 is 0 Å². The molecule has 1 fully saturated rings. The number of hydrogen-bond donors (Lipinski definition) is 7. The highest BCUT2D eigenvalue weighted by atomic mass is 32.2. The van der Waals surface area contributed by atoms with Crippen LogP contribution in [0.2, 0.25) is 0 Å². The summed E-state index contributed by atoms with van der Waals surface area (Å²) in [5.74, 6) is -4.90. The Bertz CT molecular complexity index is 2040. The SMILES string of the molecule is CCc1cc(O)c(F)cc1-c1cc(F)c2c(-c3nc4c([nH]3)CN(C(=O)CN3CCS(=O)(=O)CC3)CC4)n[nH]c2c1.O=C(O)C(O)C(O)C(=O)O. The van der Waals surface area contributed by atoms with E-state index in [0.29, 0.717) is 72.7 Å². The molecule has 7 N–H and O–H groups in total. The summed E-state index contributed by atoms with van der Waals surface area (Å²) in [5, 5.41) is 49.7. The molecule has 1 amide bonds. The van der Waals surface area contributed by atoms with Crippen molar-refractivity contribution in [3.05, 3.63) is 52.9 Å². The number of benzene rings is 2. The van der Waals surface area contributed by atoms with Crippen molar-refractivity contribution in [3.63, 3.8) is 0 Å². The van der Waals surface area contributed by atoms with E-state index < -0.39 is 51.4 Å². The van der Waals surface area contributed by atoms with E-state index in [-0.39, 0.29) is 29.3 Å². The Hall–Kier alpha value is -4.98. The number of imidazole rings is 1. The molecule has 0 spiro atoms. The summed E-state index contributed by atoms with van der Waals surface area (Å²) in [4.78, 5) is 43.9. The first kappa shape index (κ1) is 36.3. The van der Waals surface area contributed by atoms with Crippen LogP contribution in [0, 0.1) is 11.6 Å². The summed E-state index contributed by atoms with van der Waals surface area (Å²) in [6.45, 7) is 3.52. The number of H-pyrrole nitrogens is 2. The molecule has 2 aromatic heterocycles. The molecule has 2 aromatic carbocycles. The molecule has 19 heteroatoms. The highest BCUT2D eigenvalue weighted by molar-refractivity contribution is 7.91. The molecule has 50 heavy (non-hydrogen) atoms. The lowest BCUT2D eigenvalue weighted by atomic mass is 9.96. The third-order valence-electron chi connectivity index (χ3n) is 8.49. The van der Waals surface area contributed by atoms with E-state index in [9.17, 15) is 32.3 Å². The molecule has 0 bridgehead atoms. The van der Waals surface area contributed by atoms with E-state index in [4.69, 9.17) is 20.4 Å². The van der Waals surface area contributed by atoms with Crippen molar-refractivity contribution < 1.29 is 57.1 Å². The summed E-state index contributed by atoms with van der Waals surface area (Å²) >= 11 is 0. The van der Waals surface area contributed by atoms with Crippen molar-refractivity contribution in [3.8, 4) is 28.4 Å². The molecule has 0 radical (unpaired) electrons. The molecule has 2 atom stereocenters. The molecule has 16 nitrogen and oxygen atoms in total. The molecule has 4 heterocycles. The zero-order valence-electron chi connectivity index (χ0n) is 26.6. The second-order valence-electron chi connectivity index (χ2n) is 11.8. The van der Waals surface area contributed by atoms with E-state index in [2.05, 4.69) is 20.2 Å². The highest BCUT2D eigenvalue weighted by Crippen LogP contribution is 2.35. The summed E-state index contributed by atoms with van der Waals surface area (Å²) in [6, 6.07) is 5.56. The van der Waals surface area contributed by atoms with Crippen LogP contribution in [0.4, 0.5) is 8.78 Å². The van der Waals surface area contributed by atoms with Gasteiger partial charge in [-0.25, -0.2) is 31.8 Å². The number of aliphatic hydroxyl groups excluding tert-OH is 2. The summed E-state index contributed by atoms with van der Waals surface area (Å²) in [6.07, 6.45) is -3.49. The number of phenolic OH excluding ortho intramolecular Hbond substituents is 1. The van der Waals surface area contributed by atoms with Crippen molar-refractivity contribution in [2.75, 3.05) is 37.7 Å². The van der Waals surface area contributed by atoms with Crippen molar-refractivity contribution in [2.45, 2.75) is 38.5 Å². The topological polar surface area (TPSA) is 250 Å². The second-order valence-corrected chi connectivity index (χ2v) is 14.1. The lowest BCUT2D eigenvalue weighted by Crippen LogP contribution is -2.47. The molecular weight excluding hydrogens is 686 g/mol. The number of fused-ring (bicyclic) bond motifs is 2. The molecule has 2 aliphatic heterocycles. The first-order valence-corrected chi connectivity index (χ1v) is 17.2. The minimum Gasteiger partial charge on any atom is -0.505 e. The van der Waals surface area contributed by atoms with Gasteiger partial charge in [0.15, 0.2) is 39.4 Å². The quantitative estimate of drug-likeness (QED) is 0.132. The van der Waals surface area contributed by atoms with Gasteiger partial charge in [-0.3, -0.25) is 14.8 Å². The van der Waals surface area contributed by atoms with Gasteiger partial charge in [0.05, 0.1) is 46.9 Å². The molecule has 2 unspecified atom stereocenters. The van der Waals surface area contributed by atoms with Gasteiger partial charge >= 0.3 is 11.9 Å². The summed E-state index contributed by atoms with van der Waals surface area (Å²) in [7, 11) is -3.02. The maximum Gasteiger partial charge on any atom is 0.335 e. The Labute approximate surface area is 282 Å². The number of carboxylic acid groups (broad SMARTS) is 2. The number of aromatic hydroxyl groups is 1. The van der Waals surface area contributed by atoms with Gasteiger partial charge in [-0.15, -0.1) is 0 Å². The normalized spacial score (nSPS) is 17.0. The van der Waals surface area contributed by atoms with Gasteiger partial charge in [0.25, 0.3) is 0 Å². The minimum atomic E-state index is -3.02. The number of carbonyl (C=O) groups is 3. The van der Waals surface area contributed by atoms with Gasteiger partial charge in [-0.05, 0) is 47.4 Å². The second kappa shape index (κ2) is 14.5. The van der Waals surface area contributed by atoms with Gasteiger partial charge < -0.3 is 35.4 Å². The maximum absolute atomic E-state index is 15.5. The van der Waals surface area contributed by atoms with E-state index >= 15 is 4.39 Å². The number of carboxylic acids is 2. The van der Waals surface area contributed by atoms with Crippen LogP contribution in [-0.2, 0) is 43.6 Å². The third-order valence-corrected chi connectivity index (χ3v) is 10.1. The number of halogens is 2. The average Bonchev–Trinajstić information content (AvgIpc) is 3.70. The molecule has 0 saturated carbocycles. The van der Waals surface area contributed by atoms with Crippen LogP contribution in [0.1, 0.15) is 23.9 Å². The molecule has 2 aliphatic rings. The standard InChI is InChI=1S/C27H28F2N6O4S.C4H6O6/c1-2-15-11-23(36)18(28)12-17(15)16-9-19(29)25-21(10-16)32-33-26(25)27-30-20-3-4-35(13-22(20)31-27)24(37)14-34-5-7-40(38,39)8-6-34;5-1(3(7)8)2(6)4(9)10/h9-12,36H,2-8,13-14H2,1H3,(H,30,31)(H,32,33);1-2,5-6H,(H,7,8)(H,9,10). The smallest absolute Gasteiger partial charge is 0.335 e. The zero-order valence-corrected chi connectivity index (χ0v) is 27.4. The molecule has 0 aliphatic carbocycles. The van der Waals surface area contributed by atoms with Crippen LogP contribution in [0.25, 0.3) is 33.5 Å². The van der Waals surface area contributed by atoms with E-state index in [0.717, 1.165) is 11.4 Å². The number of phenols is 1. The maximum atomic E-state index is 15.5. The summed E-state index contributed by atoms with van der Waals surface area (Å²) in [5.41, 5.74) is 3.86. The van der Waals surface area contributed by atoms with E-state index in [1.165, 1.54) is 18.2 Å². The van der Waals surface area contributed by atoms with Crippen molar-refractivity contribution >= 4 is 38.6 Å². The molecule has 268 valence electrons. The minimum absolute atomic E-state index is 0.0651. The van der Waals surface area contributed by atoms with Crippen LogP contribution in [0.15, 0.2) is 24.3 Å². The first-order valence-electron chi connectivity index (χ1n) is 15.4. The number of aryl methyl sites for hydroxylation is 1. The van der Waals surface area contributed by atoms with Crippen LogP contribution >= 0.6 is 0 Å². The summed E-state index contributed by atoms with van der Waals surface area (Å²) < 4.78 is 53.0. The Morgan fingerprint density at radius 1 is 0.980 bits per heavy atom. The van der Waals surface area contributed by atoms with Gasteiger partial charge in [0, 0.05) is 26.1 Å². The van der Waals surface area contributed by atoms with Crippen molar-refractivity contribution in [2.24, 2.45) is 0 Å². The highest BCUT2D eigenvalue weighted by Gasteiger charge is 2.30. The van der Waals surface area contributed by atoms with Gasteiger partial charge in [-0.1, -0.05) is 6.92 Å². The van der Waals surface area contributed by atoms with Crippen LogP contribution in [0.5, 0.6) is 5.75 Å². The Balaban J connectivity index is 0.000000425. The number of nitrogens with zero attached hydrogens (tertiary/aromatic N) is 4. The zero-order chi connectivity index (χ0) is 36.5. The van der Waals surface area contributed by atoms with E-state index in [1.807, 2.05) is 11.8 Å². The fraction of sp³-hybridized carbons (Fsp3) is 0.387. The lowest BCUT2D eigenvalue weighted by molar-refractivity contribution is -0.165. The fourth-order valence-electron chi connectivity index (χ4n) is 5.69. The average molecular weight is 721 g/mol. The van der Waals surface area contributed by atoms with Crippen LogP contribution in [0.3, 0.4) is 0 Å². The number of amides is 1. The van der Waals surface area contributed by atoms with Crippen LogP contribution in [-0.4, -0.2) is 132 Å². The number of carbonyl (C=O) groups excluding carboxylic acids is 1. The lowest BCUT2D eigenvalue weighted by Gasteiger charge is -2.31. The number of rotatable bonds is 8. The number of aromatic nitrogens is 4. The molecular formula is C31H34F2N6O10S. The number of hydrogen-bond acceptors (Lipinski definition) is 11. The number of aromatic amines is 2. The number of aliphatic carboxylic acids is 2. The van der Waals surface area contributed by atoms with Gasteiger partial charge in [0.1, 0.15) is 11.5 Å². The Morgan fingerprint density at radius 2 is 1.64 bits per heavy atom. The number of sulfone groups is 1. The molecule has 1 saturated heterocycles. The fourth-order valence-corrected chi connectivity index (χ4v) is 6.97. The predicted molar refractivity (Wildman–Crippen MR) is 172 cm³/mol. The molecule has 4 aromatic rings. The number of nitrogens with one attached hydrogen (secondary N) is 2. The monoisotopic (exact) mass is 720 g/mol. The van der Waals surface area contributed by atoms with Crippen molar-refractivity contribution in [1.29, 1.82) is 0 Å². The third kappa shape index (κ3) is 7.75. The first-order chi connectivity index (χ1) is 23.6. The number of aliphatic hydroxyl groups is 2. The molecule has 6 rings (SSSR count). The predicted octanol–water partition coefficient (Wildman–Crippen LogP) is 0.659. The van der Waals surface area contributed by atoms with Gasteiger partial charge in [0.2, 0.25) is 5.91 Å². The Kier molecular flexibility index (Phi) is 10.5.